The third-order valence-electron chi connectivity index (χ3n) is 3.06. The van der Waals surface area contributed by atoms with Crippen molar-refractivity contribution < 1.29 is 13.2 Å². The predicted octanol–water partition coefficient (Wildman–Crippen LogP) is 3.55. The first-order valence-corrected chi connectivity index (χ1v) is 9.04. The zero-order valence-corrected chi connectivity index (χ0v) is 14.9. The molecule has 24 heavy (non-hydrogen) atoms. The molecule has 0 saturated carbocycles. The molecule has 0 aromatic heterocycles. The summed E-state index contributed by atoms with van der Waals surface area (Å²) >= 11 is 11.9. The number of likely N-dealkylation sites (N-methyl/N-ethyl adjacent to an activating group) is 1. The molecule has 0 bridgehead atoms. The van der Waals surface area contributed by atoms with Gasteiger partial charge in [-0.05, 0) is 35.9 Å². The molecule has 0 fully saturated rings. The highest BCUT2D eigenvalue weighted by atomic mass is 35.5. The second-order valence-electron chi connectivity index (χ2n) is 4.72. The molecular formula is C16H14Cl2N2O3S. The van der Waals surface area contributed by atoms with Gasteiger partial charge in [-0.15, -0.1) is 0 Å². The summed E-state index contributed by atoms with van der Waals surface area (Å²) in [6.07, 6.45) is 2.93. The molecule has 2 rings (SSSR count). The first-order chi connectivity index (χ1) is 11.3. The van der Waals surface area contributed by atoms with Crippen LogP contribution in [0.2, 0.25) is 10.0 Å². The van der Waals surface area contributed by atoms with E-state index in [0.717, 1.165) is 0 Å². The van der Waals surface area contributed by atoms with Crippen molar-refractivity contribution in [3.8, 4) is 0 Å². The lowest BCUT2D eigenvalue weighted by atomic mass is 10.2. The van der Waals surface area contributed by atoms with Crippen LogP contribution in [0, 0.1) is 0 Å². The number of benzene rings is 2. The van der Waals surface area contributed by atoms with Gasteiger partial charge in [-0.2, -0.15) is 0 Å². The molecule has 5 nitrogen and oxygen atoms in total. The van der Waals surface area contributed by atoms with E-state index in [1.807, 2.05) is 0 Å². The molecule has 0 heterocycles. The Morgan fingerprint density at radius 3 is 2.38 bits per heavy atom. The second-order valence-corrected chi connectivity index (χ2v) is 7.19. The van der Waals surface area contributed by atoms with E-state index in [-0.39, 0.29) is 26.5 Å². The summed E-state index contributed by atoms with van der Waals surface area (Å²) in [6.45, 7) is 0. The fourth-order valence-electron chi connectivity index (χ4n) is 1.80. The van der Waals surface area contributed by atoms with E-state index >= 15 is 0 Å². The molecule has 0 aliphatic rings. The van der Waals surface area contributed by atoms with Gasteiger partial charge < -0.3 is 5.32 Å². The van der Waals surface area contributed by atoms with Gasteiger partial charge in [0.05, 0.1) is 20.6 Å². The number of nitrogens with one attached hydrogen (secondary N) is 2. The van der Waals surface area contributed by atoms with E-state index in [1.165, 1.54) is 31.3 Å². The number of anilines is 1. The quantitative estimate of drug-likeness (QED) is 0.773. The summed E-state index contributed by atoms with van der Waals surface area (Å²) in [4.78, 5) is 11.2. The van der Waals surface area contributed by atoms with E-state index in [9.17, 15) is 13.2 Å². The molecule has 0 aliphatic heterocycles. The summed E-state index contributed by atoms with van der Waals surface area (Å²) in [6, 6.07) is 10.7. The normalized spacial score (nSPS) is 11.5. The molecule has 0 aliphatic carbocycles. The van der Waals surface area contributed by atoms with Gasteiger partial charge in [0.2, 0.25) is 5.91 Å². The van der Waals surface area contributed by atoms with Crippen LogP contribution in [0.15, 0.2) is 53.4 Å². The smallest absolute Gasteiger partial charge is 0.261 e. The Morgan fingerprint density at radius 1 is 1.08 bits per heavy atom. The van der Waals surface area contributed by atoms with Crippen molar-refractivity contribution in [2.75, 3.05) is 11.8 Å². The van der Waals surface area contributed by atoms with E-state index < -0.39 is 10.0 Å². The monoisotopic (exact) mass is 384 g/mol. The van der Waals surface area contributed by atoms with Gasteiger partial charge in [0.15, 0.2) is 0 Å². The average molecular weight is 385 g/mol. The Hall–Kier alpha value is -2.02. The van der Waals surface area contributed by atoms with Gasteiger partial charge >= 0.3 is 0 Å². The van der Waals surface area contributed by atoms with Crippen molar-refractivity contribution in [3.63, 3.8) is 0 Å². The van der Waals surface area contributed by atoms with Gasteiger partial charge in [0.25, 0.3) is 10.0 Å². The van der Waals surface area contributed by atoms with Crippen LogP contribution >= 0.6 is 23.2 Å². The predicted molar refractivity (Wildman–Crippen MR) is 96.8 cm³/mol. The lowest BCUT2D eigenvalue weighted by Gasteiger charge is -2.10. The zero-order valence-electron chi connectivity index (χ0n) is 12.6. The highest BCUT2D eigenvalue weighted by Gasteiger charge is 2.16. The van der Waals surface area contributed by atoms with Crippen molar-refractivity contribution in [2.24, 2.45) is 0 Å². The first-order valence-electron chi connectivity index (χ1n) is 6.80. The number of hydrogen-bond acceptors (Lipinski definition) is 3. The standard InChI is InChI=1S/C16H14Cl2N2O3S/c1-19-15(21)10-7-11-5-8-12(9-6-11)24(22,23)20-14-4-2-3-13(17)16(14)18/h2-10,20H,1H3,(H,19,21)/b10-7+. The molecule has 0 spiro atoms. The zero-order chi connectivity index (χ0) is 17.7. The van der Waals surface area contributed by atoms with Crippen molar-refractivity contribution in [1.82, 2.24) is 5.32 Å². The van der Waals surface area contributed by atoms with Crippen molar-refractivity contribution in [1.29, 1.82) is 0 Å². The minimum atomic E-state index is -3.80. The Labute approximate surface area is 150 Å². The van der Waals surface area contributed by atoms with Crippen LogP contribution in [0.4, 0.5) is 5.69 Å². The van der Waals surface area contributed by atoms with E-state index in [1.54, 1.807) is 30.3 Å². The molecule has 2 aromatic carbocycles. The number of halogens is 2. The highest BCUT2D eigenvalue weighted by molar-refractivity contribution is 7.92. The molecule has 0 radical (unpaired) electrons. The molecule has 0 atom stereocenters. The van der Waals surface area contributed by atoms with Crippen LogP contribution < -0.4 is 10.0 Å². The fraction of sp³-hybridized carbons (Fsp3) is 0.0625. The van der Waals surface area contributed by atoms with Crippen LogP contribution in [0.5, 0.6) is 0 Å². The Kier molecular flexibility index (Phi) is 5.88. The Balaban J connectivity index is 2.22. The van der Waals surface area contributed by atoms with Gasteiger partial charge in [0, 0.05) is 13.1 Å². The van der Waals surface area contributed by atoms with Crippen molar-refractivity contribution in [2.45, 2.75) is 4.90 Å². The van der Waals surface area contributed by atoms with Crippen LogP contribution in [-0.4, -0.2) is 21.4 Å². The molecule has 2 aromatic rings. The maximum absolute atomic E-state index is 12.4. The van der Waals surface area contributed by atoms with Crippen LogP contribution in [-0.2, 0) is 14.8 Å². The number of hydrogen-bond donors (Lipinski definition) is 2. The van der Waals surface area contributed by atoms with Gasteiger partial charge in [0.1, 0.15) is 0 Å². The minimum absolute atomic E-state index is 0.0654. The topological polar surface area (TPSA) is 75.3 Å². The SMILES string of the molecule is CNC(=O)/C=C/c1ccc(S(=O)(=O)Nc2cccc(Cl)c2Cl)cc1. The maximum atomic E-state index is 12.4. The lowest BCUT2D eigenvalue weighted by molar-refractivity contribution is -0.115. The molecule has 1 amide bonds. The molecule has 0 saturated heterocycles. The van der Waals surface area contributed by atoms with Gasteiger partial charge in [-0.1, -0.05) is 41.4 Å². The van der Waals surface area contributed by atoms with E-state index in [4.69, 9.17) is 23.2 Å². The fourth-order valence-corrected chi connectivity index (χ4v) is 3.28. The average Bonchev–Trinajstić information content (AvgIpc) is 2.57. The van der Waals surface area contributed by atoms with Crippen LogP contribution in [0.1, 0.15) is 5.56 Å². The molecule has 2 N–H and O–H groups in total. The highest BCUT2D eigenvalue weighted by Crippen LogP contribution is 2.31. The maximum Gasteiger partial charge on any atom is 0.261 e. The first kappa shape index (κ1) is 18.3. The number of carbonyl (C=O) groups is 1. The molecular weight excluding hydrogens is 371 g/mol. The minimum Gasteiger partial charge on any atom is -0.356 e. The lowest BCUT2D eigenvalue weighted by Crippen LogP contribution is -2.14. The third-order valence-corrected chi connectivity index (χ3v) is 5.26. The summed E-state index contributed by atoms with van der Waals surface area (Å²) in [5.41, 5.74) is 0.895. The van der Waals surface area contributed by atoms with E-state index in [0.29, 0.717) is 5.56 Å². The summed E-state index contributed by atoms with van der Waals surface area (Å²) in [5, 5.41) is 2.84. The number of amides is 1. The Bertz CT molecular complexity index is 879. The number of sulfonamides is 1. The van der Waals surface area contributed by atoms with Crippen LogP contribution in [0.3, 0.4) is 0 Å². The van der Waals surface area contributed by atoms with E-state index in [2.05, 4.69) is 10.0 Å². The Morgan fingerprint density at radius 2 is 1.75 bits per heavy atom. The number of rotatable bonds is 5. The summed E-state index contributed by atoms with van der Waals surface area (Å²) in [5.74, 6) is -0.246. The third kappa shape index (κ3) is 4.50. The van der Waals surface area contributed by atoms with Gasteiger partial charge in [-0.3, -0.25) is 9.52 Å². The largest absolute Gasteiger partial charge is 0.356 e. The molecule has 0 unspecified atom stereocenters. The van der Waals surface area contributed by atoms with Crippen molar-refractivity contribution in [3.05, 3.63) is 64.1 Å². The van der Waals surface area contributed by atoms with Crippen LogP contribution in [0.25, 0.3) is 6.08 Å². The molecule has 8 heteroatoms. The molecule has 126 valence electrons. The van der Waals surface area contributed by atoms with Gasteiger partial charge in [-0.25, -0.2) is 8.42 Å². The van der Waals surface area contributed by atoms with Crippen molar-refractivity contribution >= 4 is 50.9 Å². The summed E-state index contributed by atoms with van der Waals surface area (Å²) in [7, 11) is -2.28. The summed E-state index contributed by atoms with van der Waals surface area (Å²) < 4.78 is 27.2. The second kappa shape index (κ2) is 7.70. The number of carbonyl (C=O) groups excluding carboxylic acids is 1.